The van der Waals surface area contributed by atoms with Crippen LogP contribution in [0.1, 0.15) is 5.56 Å². The van der Waals surface area contributed by atoms with E-state index in [2.05, 4.69) is 5.32 Å². The summed E-state index contributed by atoms with van der Waals surface area (Å²) in [7, 11) is 0. The average Bonchev–Trinajstić information content (AvgIpc) is 2.44. The Balaban J connectivity index is 2.43. The first-order valence-electron chi connectivity index (χ1n) is 5.52. The van der Waals surface area contributed by atoms with Gasteiger partial charge in [-0.1, -0.05) is 0 Å². The number of nitriles is 1. The fourth-order valence-electron chi connectivity index (χ4n) is 1.61. The molecule has 106 valence electrons. The molecule has 0 radical (unpaired) electrons. The lowest BCUT2D eigenvalue weighted by Crippen LogP contribution is -1.99. The molecule has 0 saturated heterocycles. The zero-order chi connectivity index (χ0) is 15.6. The van der Waals surface area contributed by atoms with Gasteiger partial charge in [0, 0.05) is 24.3 Å². The second-order valence-corrected chi connectivity index (χ2v) is 3.97. The van der Waals surface area contributed by atoms with E-state index in [1.807, 2.05) is 0 Å². The largest absolute Gasteiger partial charge is 0.352 e. The van der Waals surface area contributed by atoms with Crippen LogP contribution in [0.3, 0.4) is 0 Å². The van der Waals surface area contributed by atoms with Crippen molar-refractivity contribution in [1.82, 2.24) is 0 Å². The van der Waals surface area contributed by atoms with Crippen molar-refractivity contribution >= 4 is 17.1 Å². The van der Waals surface area contributed by atoms with E-state index in [9.17, 15) is 23.3 Å². The number of nitrogens with zero attached hydrogens (tertiary/aromatic N) is 2. The lowest BCUT2D eigenvalue weighted by Gasteiger charge is -2.09. The summed E-state index contributed by atoms with van der Waals surface area (Å²) in [6.45, 7) is 0. The number of halogens is 3. The highest BCUT2D eigenvalue weighted by atomic mass is 19.2. The zero-order valence-electron chi connectivity index (χ0n) is 10.2. The monoisotopic (exact) mass is 293 g/mol. The molecule has 1 N–H and O–H groups in total. The fourth-order valence-corrected chi connectivity index (χ4v) is 1.61. The molecule has 0 aromatic heterocycles. The summed E-state index contributed by atoms with van der Waals surface area (Å²) >= 11 is 0. The first-order valence-corrected chi connectivity index (χ1v) is 5.52. The van der Waals surface area contributed by atoms with Crippen molar-refractivity contribution in [1.29, 1.82) is 5.26 Å². The van der Waals surface area contributed by atoms with E-state index >= 15 is 0 Å². The second-order valence-electron chi connectivity index (χ2n) is 3.97. The Morgan fingerprint density at radius 1 is 1.05 bits per heavy atom. The lowest BCUT2D eigenvalue weighted by molar-refractivity contribution is -0.384. The van der Waals surface area contributed by atoms with Crippen molar-refractivity contribution in [2.24, 2.45) is 0 Å². The maximum absolute atomic E-state index is 13.5. The van der Waals surface area contributed by atoms with E-state index < -0.39 is 22.4 Å². The number of rotatable bonds is 3. The number of hydrogen-bond donors (Lipinski definition) is 1. The molecule has 2 rings (SSSR count). The minimum Gasteiger partial charge on any atom is -0.352 e. The normalized spacial score (nSPS) is 10.0. The van der Waals surface area contributed by atoms with E-state index in [1.165, 1.54) is 6.07 Å². The van der Waals surface area contributed by atoms with Gasteiger partial charge in [0.1, 0.15) is 11.9 Å². The summed E-state index contributed by atoms with van der Waals surface area (Å²) < 4.78 is 39.4. The summed E-state index contributed by atoms with van der Waals surface area (Å²) in [6, 6.07) is 5.91. The van der Waals surface area contributed by atoms with Crippen LogP contribution in [-0.4, -0.2) is 4.92 Å². The lowest BCUT2D eigenvalue weighted by atomic mass is 10.1. The maximum atomic E-state index is 13.5. The highest BCUT2D eigenvalue weighted by Gasteiger charge is 2.14. The van der Waals surface area contributed by atoms with Crippen molar-refractivity contribution in [2.45, 2.75) is 0 Å². The van der Waals surface area contributed by atoms with Gasteiger partial charge in [0.05, 0.1) is 21.9 Å². The molecule has 0 aliphatic carbocycles. The third kappa shape index (κ3) is 2.92. The Kier molecular flexibility index (Phi) is 3.75. The van der Waals surface area contributed by atoms with Crippen molar-refractivity contribution in [3.05, 3.63) is 63.5 Å². The first kappa shape index (κ1) is 14.3. The molecule has 2 aromatic rings. The molecule has 0 bridgehead atoms. The molecule has 2 aromatic carbocycles. The molecule has 0 amide bonds. The Labute approximate surface area is 116 Å². The molecule has 0 fully saturated rings. The Morgan fingerprint density at radius 2 is 1.71 bits per heavy atom. The Bertz CT molecular complexity index is 772. The van der Waals surface area contributed by atoms with Gasteiger partial charge in [-0.25, -0.2) is 13.2 Å². The van der Waals surface area contributed by atoms with Crippen LogP contribution in [0.4, 0.5) is 30.2 Å². The Hall–Kier alpha value is -3.08. The highest BCUT2D eigenvalue weighted by Crippen LogP contribution is 2.27. The average molecular weight is 293 g/mol. The van der Waals surface area contributed by atoms with Gasteiger partial charge in [0.15, 0.2) is 11.6 Å². The van der Waals surface area contributed by atoms with Gasteiger partial charge in [0.2, 0.25) is 0 Å². The van der Waals surface area contributed by atoms with Crippen LogP contribution in [0, 0.1) is 38.9 Å². The number of benzene rings is 2. The van der Waals surface area contributed by atoms with Crippen LogP contribution in [0.2, 0.25) is 0 Å². The van der Waals surface area contributed by atoms with Crippen LogP contribution in [0.25, 0.3) is 0 Å². The topological polar surface area (TPSA) is 79.0 Å². The van der Waals surface area contributed by atoms with Crippen molar-refractivity contribution in [3.8, 4) is 6.07 Å². The number of hydrogen-bond acceptors (Lipinski definition) is 4. The number of non-ortho nitro benzene ring substituents is 1. The minimum absolute atomic E-state index is 0.0352. The van der Waals surface area contributed by atoms with E-state index in [0.29, 0.717) is 12.1 Å². The number of anilines is 2. The van der Waals surface area contributed by atoms with Gasteiger partial charge in [-0.2, -0.15) is 5.26 Å². The van der Waals surface area contributed by atoms with E-state index in [1.54, 1.807) is 6.07 Å². The predicted octanol–water partition coefficient (Wildman–Crippen LogP) is 3.63. The molecule has 0 heterocycles. The summed E-state index contributed by atoms with van der Waals surface area (Å²) in [5.41, 5.74) is -0.802. The smallest absolute Gasteiger partial charge is 0.270 e. The number of nitrogens with one attached hydrogen (secondary N) is 1. The molecule has 8 heteroatoms. The predicted molar refractivity (Wildman–Crippen MR) is 67.4 cm³/mol. The van der Waals surface area contributed by atoms with Gasteiger partial charge in [0.25, 0.3) is 5.69 Å². The molecule has 21 heavy (non-hydrogen) atoms. The van der Waals surface area contributed by atoms with Gasteiger partial charge in [-0.05, 0) is 6.07 Å². The van der Waals surface area contributed by atoms with Gasteiger partial charge in [-0.15, -0.1) is 0 Å². The summed E-state index contributed by atoms with van der Waals surface area (Å²) in [5, 5.41) is 21.9. The quantitative estimate of drug-likeness (QED) is 0.532. The molecule has 0 atom stereocenters. The van der Waals surface area contributed by atoms with Gasteiger partial charge >= 0.3 is 0 Å². The fraction of sp³-hybridized carbons (Fsp3) is 0. The van der Waals surface area contributed by atoms with Crippen LogP contribution in [0.5, 0.6) is 0 Å². The zero-order valence-corrected chi connectivity index (χ0v) is 10.2. The minimum atomic E-state index is -1.35. The second kappa shape index (κ2) is 5.50. The molecule has 0 spiro atoms. The molecule has 0 aliphatic heterocycles. The third-order valence-corrected chi connectivity index (χ3v) is 2.61. The van der Waals surface area contributed by atoms with Crippen LogP contribution < -0.4 is 5.32 Å². The number of nitro groups is 1. The van der Waals surface area contributed by atoms with Crippen molar-refractivity contribution < 1.29 is 18.1 Å². The molecule has 0 unspecified atom stereocenters. The molecular formula is C13H6F3N3O2. The summed E-state index contributed by atoms with van der Waals surface area (Å²) in [4.78, 5) is 9.91. The molecular weight excluding hydrogens is 287 g/mol. The van der Waals surface area contributed by atoms with Crippen LogP contribution in [0.15, 0.2) is 30.3 Å². The summed E-state index contributed by atoms with van der Waals surface area (Å²) in [6.07, 6.45) is 0. The SMILES string of the molecule is N#Cc1cc([N+](=O)[O-])ccc1Nc1cc(F)c(F)cc1F. The van der Waals surface area contributed by atoms with Gasteiger partial charge in [-0.3, -0.25) is 10.1 Å². The molecule has 5 nitrogen and oxygen atoms in total. The maximum Gasteiger partial charge on any atom is 0.270 e. The van der Waals surface area contributed by atoms with Gasteiger partial charge < -0.3 is 5.32 Å². The molecule has 0 saturated carbocycles. The summed E-state index contributed by atoms with van der Waals surface area (Å²) in [5.74, 6) is -3.67. The van der Waals surface area contributed by atoms with Crippen molar-refractivity contribution in [3.63, 3.8) is 0 Å². The third-order valence-electron chi connectivity index (χ3n) is 2.61. The van der Waals surface area contributed by atoms with E-state index in [-0.39, 0.29) is 22.6 Å². The van der Waals surface area contributed by atoms with Crippen molar-refractivity contribution in [2.75, 3.05) is 5.32 Å². The first-order chi connectivity index (χ1) is 9.92. The van der Waals surface area contributed by atoms with Crippen LogP contribution >= 0.6 is 0 Å². The Morgan fingerprint density at radius 3 is 2.33 bits per heavy atom. The standard InChI is InChI=1S/C13H6F3N3O2/c14-9-4-11(16)13(5-10(9)15)18-12-2-1-8(19(20)21)3-7(12)6-17/h1-5,18H. The molecule has 0 aliphatic rings. The van der Waals surface area contributed by atoms with E-state index in [0.717, 1.165) is 12.1 Å². The van der Waals surface area contributed by atoms with Crippen LogP contribution in [-0.2, 0) is 0 Å². The number of nitro benzene ring substituents is 1. The van der Waals surface area contributed by atoms with E-state index in [4.69, 9.17) is 5.26 Å². The highest BCUT2D eigenvalue weighted by molar-refractivity contribution is 5.68.